The molecule has 0 bridgehead atoms. The second kappa shape index (κ2) is 9.64. The number of hydrogen-bond acceptors (Lipinski definition) is 6. The minimum absolute atomic E-state index is 0.00157. The molecule has 1 unspecified atom stereocenters. The summed E-state index contributed by atoms with van der Waals surface area (Å²) in [6.07, 6.45) is 2.60. The average molecular weight is 489 g/mol. The minimum Gasteiger partial charge on any atom is -0.311 e. The van der Waals surface area contributed by atoms with E-state index < -0.39 is 0 Å². The molecule has 34 heavy (non-hydrogen) atoms. The van der Waals surface area contributed by atoms with Gasteiger partial charge in [0.1, 0.15) is 5.82 Å². The van der Waals surface area contributed by atoms with Crippen LogP contribution in [0.2, 0.25) is 0 Å². The summed E-state index contributed by atoms with van der Waals surface area (Å²) in [5.41, 5.74) is 2.36. The number of nitrogens with zero attached hydrogens (tertiary/aromatic N) is 4. The van der Waals surface area contributed by atoms with Crippen LogP contribution in [0, 0.1) is 6.92 Å². The number of carbonyl (C=O) groups excluding carboxylic acids is 1. The van der Waals surface area contributed by atoms with Crippen LogP contribution in [0.3, 0.4) is 0 Å². The van der Waals surface area contributed by atoms with E-state index in [0.717, 1.165) is 22.6 Å². The van der Waals surface area contributed by atoms with Gasteiger partial charge in [-0.05, 0) is 55.3 Å². The Hall–Kier alpha value is -3.10. The zero-order valence-corrected chi connectivity index (χ0v) is 20.6. The first-order valence-electron chi connectivity index (χ1n) is 11.1. The smallest absolute Gasteiger partial charge is 0.267 e. The summed E-state index contributed by atoms with van der Waals surface area (Å²) in [4.78, 5) is 39.0. The van der Waals surface area contributed by atoms with Crippen molar-refractivity contribution in [2.45, 2.75) is 35.6 Å². The van der Waals surface area contributed by atoms with Gasteiger partial charge in [-0.15, -0.1) is 11.8 Å². The number of amides is 1. The molecule has 2 aromatic carbocycles. The number of hydrogen-bond donors (Lipinski definition) is 0. The lowest BCUT2D eigenvalue weighted by atomic mass is 10.2. The first-order valence-corrected chi connectivity index (χ1v) is 13.0. The molecule has 0 fully saturated rings. The SMILES string of the molecule is Cc1ccnc(-n2c(SCC(=O)N3CCC(C)Sc4ccccc43)nc3ccccc3c2=O)c1. The molecule has 2 aromatic heterocycles. The number of fused-ring (bicyclic) bond motifs is 2. The van der Waals surface area contributed by atoms with Gasteiger partial charge in [0.05, 0.1) is 22.3 Å². The van der Waals surface area contributed by atoms with Gasteiger partial charge in [0.25, 0.3) is 5.56 Å². The van der Waals surface area contributed by atoms with Crippen LogP contribution in [0.4, 0.5) is 5.69 Å². The van der Waals surface area contributed by atoms with Gasteiger partial charge < -0.3 is 4.90 Å². The maximum Gasteiger partial charge on any atom is 0.267 e. The van der Waals surface area contributed by atoms with Crippen molar-refractivity contribution < 1.29 is 4.79 Å². The first-order chi connectivity index (χ1) is 16.5. The van der Waals surface area contributed by atoms with Crippen LogP contribution in [0.1, 0.15) is 18.9 Å². The number of thioether (sulfide) groups is 2. The van der Waals surface area contributed by atoms with Gasteiger partial charge in [0.2, 0.25) is 5.91 Å². The van der Waals surface area contributed by atoms with Crippen LogP contribution in [0.25, 0.3) is 16.7 Å². The number of rotatable bonds is 4. The Kier molecular flexibility index (Phi) is 6.43. The molecule has 0 aliphatic carbocycles. The predicted octanol–water partition coefficient (Wildman–Crippen LogP) is 5.10. The molecule has 8 heteroatoms. The zero-order valence-electron chi connectivity index (χ0n) is 19.0. The topological polar surface area (TPSA) is 68.1 Å². The molecule has 1 aliphatic heterocycles. The Balaban J connectivity index is 1.50. The summed E-state index contributed by atoms with van der Waals surface area (Å²) < 4.78 is 1.52. The fourth-order valence-electron chi connectivity index (χ4n) is 4.00. The molecular formula is C26H24N4O2S2. The molecule has 0 saturated heterocycles. The Morgan fingerprint density at radius 2 is 1.94 bits per heavy atom. The lowest BCUT2D eigenvalue weighted by molar-refractivity contribution is -0.116. The normalized spacial score (nSPS) is 15.7. The lowest BCUT2D eigenvalue weighted by Crippen LogP contribution is -2.34. The minimum atomic E-state index is -0.191. The summed E-state index contributed by atoms with van der Waals surface area (Å²) in [5, 5.41) is 1.42. The summed E-state index contributed by atoms with van der Waals surface area (Å²) in [7, 11) is 0. The number of pyridine rings is 1. The highest BCUT2D eigenvalue weighted by Crippen LogP contribution is 2.37. The van der Waals surface area contributed by atoms with Crippen molar-refractivity contribution in [2.24, 2.45) is 0 Å². The third-order valence-electron chi connectivity index (χ3n) is 5.74. The van der Waals surface area contributed by atoms with E-state index in [2.05, 4.69) is 18.0 Å². The van der Waals surface area contributed by atoms with Crippen molar-refractivity contribution in [1.29, 1.82) is 0 Å². The van der Waals surface area contributed by atoms with Crippen molar-refractivity contribution in [3.63, 3.8) is 0 Å². The van der Waals surface area contributed by atoms with Crippen molar-refractivity contribution in [3.05, 3.63) is 82.8 Å². The average Bonchev–Trinajstić information content (AvgIpc) is 3.01. The van der Waals surface area contributed by atoms with Gasteiger partial charge in [0.15, 0.2) is 5.16 Å². The number of aryl methyl sites for hydroxylation is 1. The molecule has 1 aliphatic rings. The highest BCUT2D eigenvalue weighted by atomic mass is 32.2. The summed E-state index contributed by atoms with van der Waals surface area (Å²) in [5.74, 6) is 0.672. The standard InChI is InChI=1S/C26H24N4O2S2/c1-17-11-13-27-23(15-17)30-25(32)19-7-3-4-8-20(19)28-26(30)33-16-24(31)29-14-12-18(2)34-22-10-6-5-9-21(22)29/h3-11,13,15,18H,12,14,16H2,1-2H3. The number of benzene rings is 2. The summed E-state index contributed by atoms with van der Waals surface area (Å²) >= 11 is 3.08. The third-order valence-corrected chi connectivity index (χ3v) is 7.90. The second-order valence-corrected chi connectivity index (χ2v) is 10.7. The van der Waals surface area contributed by atoms with Crippen molar-refractivity contribution in [2.75, 3.05) is 17.2 Å². The fourth-order valence-corrected chi connectivity index (χ4v) is 5.99. The quantitative estimate of drug-likeness (QED) is 0.294. The second-order valence-electron chi connectivity index (χ2n) is 8.26. The molecule has 0 radical (unpaired) electrons. The Bertz CT molecular complexity index is 1440. The van der Waals surface area contributed by atoms with Crippen molar-refractivity contribution in [3.8, 4) is 5.82 Å². The fraction of sp³-hybridized carbons (Fsp3) is 0.231. The van der Waals surface area contributed by atoms with Crippen molar-refractivity contribution in [1.82, 2.24) is 14.5 Å². The van der Waals surface area contributed by atoms with E-state index in [4.69, 9.17) is 4.98 Å². The maximum absolute atomic E-state index is 13.4. The molecule has 1 atom stereocenters. The summed E-state index contributed by atoms with van der Waals surface area (Å²) in [6.45, 7) is 4.81. The lowest BCUT2D eigenvalue weighted by Gasteiger charge is -2.22. The van der Waals surface area contributed by atoms with E-state index >= 15 is 0 Å². The monoisotopic (exact) mass is 488 g/mol. The van der Waals surface area contributed by atoms with Gasteiger partial charge >= 0.3 is 0 Å². The van der Waals surface area contributed by atoms with E-state index in [1.54, 1.807) is 24.0 Å². The third kappa shape index (κ3) is 4.48. The highest BCUT2D eigenvalue weighted by molar-refractivity contribution is 8.00. The van der Waals surface area contributed by atoms with Crippen molar-refractivity contribution >= 4 is 46.0 Å². The van der Waals surface area contributed by atoms with E-state index in [0.29, 0.717) is 33.7 Å². The van der Waals surface area contributed by atoms with Crippen LogP contribution < -0.4 is 10.5 Å². The molecule has 4 aromatic rings. The molecule has 6 nitrogen and oxygen atoms in total. The Labute approximate surface area is 206 Å². The van der Waals surface area contributed by atoms with E-state index in [1.165, 1.54) is 16.3 Å². The van der Waals surface area contributed by atoms with Gasteiger partial charge in [-0.1, -0.05) is 43.0 Å². The number of aromatic nitrogens is 3. The Morgan fingerprint density at radius 1 is 1.15 bits per heavy atom. The van der Waals surface area contributed by atoms with Crippen LogP contribution in [0.15, 0.2) is 81.7 Å². The number of anilines is 1. The molecule has 1 amide bonds. The Morgan fingerprint density at radius 3 is 2.79 bits per heavy atom. The van der Waals surface area contributed by atoms with Gasteiger partial charge in [-0.2, -0.15) is 0 Å². The summed E-state index contributed by atoms with van der Waals surface area (Å²) in [6, 6.07) is 19.1. The zero-order chi connectivity index (χ0) is 23.7. The molecule has 3 heterocycles. The molecule has 0 N–H and O–H groups in total. The number of para-hydroxylation sites is 2. The van der Waals surface area contributed by atoms with Gasteiger partial charge in [-0.25, -0.2) is 14.5 Å². The molecule has 0 saturated carbocycles. The molecule has 172 valence electrons. The maximum atomic E-state index is 13.4. The van der Waals surface area contributed by atoms with E-state index in [-0.39, 0.29) is 17.2 Å². The highest BCUT2D eigenvalue weighted by Gasteiger charge is 2.25. The van der Waals surface area contributed by atoms with E-state index in [9.17, 15) is 9.59 Å². The van der Waals surface area contributed by atoms with Gasteiger partial charge in [0, 0.05) is 22.9 Å². The van der Waals surface area contributed by atoms with Gasteiger partial charge in [-0.3, -0.25) is 9.59 Å². The van der Waals surface area contributed by atoms with E-state index in [1.807, 2.05) is 60.4 Å². The van der Waals surface area contributed by atoms with Crippen LogP contribution in [-0.4, -0.2) is 38.0 Å². The van der Waals surface area contributed by atoms with Crippen LogP contribution >= 0.6 is 23.5 Å². The predicted molar refractivity (Wildman–Crippen MR) is 139 cm³/mol. The molecule has 5 rings (SSSR count). The first kappa shape index (κ1) is 22.7. The molecular weight excluding hydrogens is 464 g/mol. The van der Waals surface area contributed by atoms with Crippen LogP contribution in [0.5, 0.6) is 0 Å². The largest absolute Gasteiger partial charge is 0.311 e. The molecule has 0 spiro atoms. The van der Waals surface area contributed by atoms with Crippen LogP contribution in [-0.2, 0) is 4.79 Å². The number of carbonyl (C=O) groups is 1.